The van der Waals surface area contributed by atoms with Crippen LogP contribution in [0.2, 0.25) is 5.15 Å². The van der Waals surface area contributed by atoms with Crippen molar-refractivity contribution in [2.45, 2.75) is 49.6 Å². The van der Waals surface area contributed by atoms with Crippen LogP contribution in [0.3, 0.4) is 0 Å². The fourth-order valence-electron chi connectivity index (χ4n) is 2.56. The highest BCUT2D eigenvalue weighted by molar-refractivity contribution is 7.99. The summed E-state index contributed by atoms with van der Waals surface area (Å²) in [6, 6.07) is 3.93. The second kappa shape index (κ2) is 6.79. The molecule has 0 radical (unpaired) electrons. The largest absolute Gasteiger partial charge is 0.313 e. The van der Waals surface area contributed by atoms with Crippen molar-refractivity contribution >= 4 is 29.3 Å². The van der Waals surface area contributed by atoms with Gasteiger partial charge in [0.25, 0.3) is 0 Å². The number of amides is 1. The molecule has 1 saturated carbocycles. The Hall–Kier alpha value is -1.07. The summed E-state index contributed by atoms with van der Waals surface area (Å²) in [6.45, 7) is 0. The van der Waals surface area contributed by atoms with Crippen LogP contribution in [-0.4, -0.2) is 32.8 Å². The molecule has 4 nitrogen and oxygen atoms in total. The lowest BCUT2D eigenvalue weighted by atomic mass is 10.0. The molecule has 1 heterocycles. The van der Waals surface area contributed by atoms with Gasteiger partial charge in [-0.05, 0) is 50.7 Å². The van der Waals surface area contributed by atoms with Gasteiger partial charge in [0.05, 0.1) is 5.75 Å². The van der Waals surface area contributed by atoms with E-state index in [0.29, 0.717) is 16.9 Å². The SMILES string of the molecule is O=C(CSc1ccc(Cl)nn1)N(C1=CCCCC1)C1CC1. The zero-order chi connectivity index (χ0) is 14.7. The number of hydrogen-bond acceptors (Lipinski definition) is 4. The van der Waals surface area contributed by atoms with Gasteiger partial charge in [-0.2, -0.15) is 0 Å². The molecular weight excluding hydrogens is 306 g/mol. The molecule has 2 aliphatic carbocycles. The van der Waals surface area contributed by atoms with Crippen LogP contribution in [0.25, 0.3) is 0 Å². The van der Waals surface area contributed by atoms with Crippen molar-refractivity contribution in [3.05, 3.63) is 29.1 Å². The number of thioether (sulfide) groups is 1. The third-order valence-electron chi connectivity index (χ3n) is 3.71. The second-order valence-corrected chi connectivity index (χ2v) is 6.80. The van der Waals surface area contributed by atoms with E-state index in [4.69, 9.17) is 11.6 Å². The molecule has 2 aliphatic rings. The van der Waals surface area contributed by atoms with E-state index in [-0.39, 0.29) is 5.91 Å². The standard InChI is InChI=1S/C15H18ClN3OS/c16-13-8-9-14(18-17-13)21-10-15(20)19(12-6-7-12)11-4-2-1-3-5-11/h4,8-9,12H,1-3,5-7,10H2. The van der Waals surface area contributed by atoms with Gasteiger partial charge in [0.1, 0.15) is 5.03 Å². The van der Waals surface area contributed by atoms with Crippen molar-refractivity contribution in [1.82, 2.24) is 15.1 Å². The van der Waals surface area contributed by atoms with Crippen LogP contribution in [0.1, 0.15) is 38.5 Å². The smallest absolute Gasteiger partial charge is 0.237 e. The molecule has 0 unspecified atom stereocenters. The van der Waals surface area contributed by atoms with E-state index in [2.05, 4.69) is 16.3 Å². The molecule has 112 valence electrons. The third-order valence-corrected chi connectivity index (χ3v) is 4.81. The summed E-state index contributed by atoms with van der Waals surface area (Å²) in [5, 5.41) is 8.89. The van der Waals surface area contributed by atoms with Crippen LogP contribution >= 0.6 is 23.4 Å². The van der Waals surface area contributed by atoms with Crippen LogP contribution in [0.5, 0.6) is 0 Å². The van der Waals surface area contributed by atoms with E-state index in [1.807, 2.05) is 4.90 Å². The number of carbonyl (C=O) groups excluding carboxylic acids is 1. The monoisotopic (exact) mass is 323 g/mol. The van der Waals surface area contributed by atoms with Gasteiger partial charge in [-0.25, -0.2) is 0 Å². The maximum absolute atomic E-state index is 12.6. The van der Waals surface area contributed by atoms with Gasteiger partial charge in [0.2, 0.25) is 5.91 Å². The minimum Gasteiger partial charge on any atom is -0.313 e. The number of aromatic nitrogens is 2. The summed E-state index contributed by atoms with van der Waals surface area (Å²) >= 11 is 7.13. The summed E-state index contributed by atoms with van der Waals surface area (Å²) in [5.41, 5.74) is 1.23. The van der Waals surface area contributed by atoms with Crippen LogP contribution in [0.4, 0.5) is 0 Å². The molecule has 1 aromatic rings. The first-order valence-electron chi connectivity index (χ1n) is 7.37. The van der Waals surface area contributed by atoms with Crippen molar-refractivity contribution < 1.29 is 4.79 Å². The molecule has 6 heteroatoms. The number of halogens is 1. The minimum atomic E-state index is 0.187. The lowest BCUT2D eigenvalue weighted by Gasteiger charge is -2.27. The van der Waals surface area contributed by atoms with Gasteiger partial charge >= 0.3 is 0 Å². The Kier molecular flexibility index (Phi) is 4.80. The maximum Gasteiger partial charge on any atom is 0.237 e. The predicted molar refractivity (Wildman–Crippen MR) is 84.2 cm³/mol. The van der Waals surface area contributed by atoms with Crippen molar-refractivity contribution in [1.29, 1.82) is 0 Å². The highest BCUT2D eigenvalue weighted by Crippen LogP contribution is 2.34. The molecule has 1 amide bonds. The van der Waals surface area contributed by atoms with Gasteiger partial charge in [0, 0.05) is 11.7 Å². The molecule has 0 aromatic carbocycles. The van der Waals surface area contributed by atoms with Crippen molar-refractivity contribution in [2.75, 3.05) is 5.75 Å². The number of rotatable bonds is 5. The Bertz CT molecular complexity index is 542. The third kappa shape index (κ3) is 3.98. The highest BCUT2D eigenvalue weighted by atomic mass is 35.5. The quantitative estimate of drug-likeness (QED) is 0.776. The summed E-state index contributed by atoms with van der Waals surface area (Å²) in [7, 11) is 0. The Morgan fingerprint density at radius 3 is 2.81 bits per heavy atom. The molecule has 1 fully saturated rings. The minimum absolute atomic E-state index is 0.187. The average molecular weight is 324 g/mol. The summed E-state index contributed by atoms with van der Waals surface area (Å²) in [6.07, 6.45) is 9.08. The molecule has 0 bridgehead atoms. The van der Waals surface area contributed by atoms with E-state index in [1.54, 1.807) is 12.1 Å². The van der Waals surface area contributed by atoms with Crippen molar-refractivity contribution in [3.8, 4) is 0 Å². The zero-order valence-corrected chi connectivity index (χ0v) is 13.4. The lowest BCUT2D eigenvalue weighted by molar-refractivity contribution is -0.127. The van der Waals surface area contributed by atoms with Crippen LogP contribution in [-0.2, 0) is 4.79 Å². The molecule has 0 spiro atoms. The normalized spacial score (nSPS) is 18.2. The number of hydrogen-bond donors (Lipinski definition) is 0. The first kappa shape index (κ1) is 14.9. The van der Waals surface area contributed by atoms with E-state index in [1.165, 1.54) is 30.3 Å². The molecular formula is C15H18ClN3OS. The molecule has 0 saturated heterocycles. The van der Waals surface area contributed by atoms with Crippen LogP contribution in [0.15, 0.2) is 28.9 Å². The molecule has 3 rings (SSSR count). The summed E-state index contributed by atoms with van der Waals surface area (Å²) < 4.78 is 0. The summed E-state index contributed by atoms with van der Waals surface area (Å²) in [4.78, 5) is 14.6. The fourth-order valence-corrected chi connectivity index (χ4v) is 3.33. The van der Waals surface area contributed by atoms with Gasteiger partial charge in [-0.1, -0.05) is 29.4 Å². The number of allylic oxidation sites excluding steroid dienone is 2. The average Bonchev–Trinajstić information content (AvgIpc) is 3.33. The molecule has 0 atom stereocenters. The molecule has 0 aliphatic heterocycles. The Labute approximate surface area is 133 Å². The lowest BCUT2D eigenvalue weighted by Crippen LogP contribution is -2.34. The highest BCUT2D eigenvalue weighted by Gasteiger charge is 2.34. The van der Waals surface area contributed by atoms with E-state index in [9.17, 15) is 4.79 Å². The van der Waals surface area contributed by atoms with Gasteiger partial charge in [-0.15, -0.1) is 10.2 Å². The topological polar surface area (TPSA) is 46.1 Å². The van der Waals surface area contributed by atoms with E-state index >= 15 is 0 Å². The van der Waals surface area contributed by atoms with Crippen molar-refractivity contribution in [3.63, 3.8) is 0 Å². The Balaban J connectivity index is 1.62. The summed E-state index contributed by atoms with van der Waals surface area (Å²) in [5.74, 6) is 0.594. The van der Waals surface area contributed by atoms with Gasteiger partial charge < -0.3 is 4.90 Å². The number of nitrogens with zero attached hydrogens (tertiary/aromatic N) is 3. The van der Waals surface area contributed by atoms with Gasteiger partial charge in [0.15, 0.2) is 5.15 Å². The van der Waals surface area contributed by atoms with Gasteiger partial charge in [-0.3, -0.25) is 4.79 Å². The predicted octanol–water partition coefficient (Wildman–Crippen LogP) is 3.67. The zero-order valence-electron chi connectivity index (χ0n) is 11.8. The molecule has 1 aromatic heterocycles. The van der Waals surface area contributed by atoms with Crippen LogP contribution < -0.4 is 0 Å². The first-order valence-corrected chi connectivity index (χ1v) is 8.73. The van der Waals surface area contributed by atoms with E-state index in [0.717, 1.165) is 30.7 Å². The second-order valence-electron chi connectivity index (χ2n) is 5.42. The first-order chi connectivity index (χ1) is 10.2. The fraction of sp³-hybridized carbons (Fsp3) is 0.533. The van der Waals surface area contributed by atoms with Crippen molar-refractivity contribution in [2.24, 2.45) is 0 Å². The number of carbonyl (C=O) groups is 1. The molecule has 21 heavy (non-hydrogen) atoms. The molecule has 0 N–H and O–H groups in total. The Morgan fingerprint density at radius 2 is 2.19 bits per heavy atom. The van der Waals surface area contributed by atoms with Crippen LogP contribution in [0, 0.1) is 0 Å². The van der Waals surface area contributed by atoms with E-state index < -0.39 is 0 Å². The Morgan fingerprint density at radius 1 is 1.33 bits per heavy atom. The maximum atomic E-state index is 12.6.